The minimum absolute atomic E-state index is 0.0122. The molecule has 0 bridgehead atoms. The molecule has 0 radical (unpaired) electrons. The maximum Gasteiger partial charge on any atom is 0.221 e. The Kier molecular flexibility index (Phi) is 6.13. The van der Waals surface area contributed by atoms with Gasteiger partial charge >= 0.3 is 0 Å². The monoisotopic (exact) mass is 257 g/mol. The maximum absolute atomic E-state index is 10.9. The van der Waals surface area contributed by atoms with Crippen molar-refractivity contribution < 1.29 is 8.42 Å². The second-order valence-corrected chi connectivity index (χ2v) is 6.26. The van der Waals surface area contributed by atoms with Crippen LogP contribution in [0.3, 0.4) is 0 Å². The molecule has 0 aromatic heterocycles. The van der Waals surface area contributed by atoms with Gasteiger partial charge in [-0.2, -0.15) is 0 Å². The number of alkyl halides is 1. The third kappa shape index (κ3) is 7.06. The van der Waals surface area contributed by atoms with Gasteiger partial charge in [0.1, 0.15) is 4.66 Å². The Hall–Kier alpha value is 0.390. The summed E-state index contributed by atoms with van der Waals surface area (Å²) in [5, 5.41) is 0. The molecule has 0 aromatic rings. The summed E-state index contributed by atoms with van der Waals surface area (Å²) >= 11 is 2.90. The lowest BCUT2D eigenvalue weighted by Crippen LogP contribution is -2.25. The highest BCUT2D eigenvalue weighted by Crippen LogP contribution is 2.02. The molecule has 0 saturated carbocycles. The first kappa shape index (κ1) is 12.4. The number of rotatable bonds is 6. The van der Waals surface area contributed by atoms with Crippen molar-refractivity contribution in [2.75, 3.05) is 11.2 Å². The normalized spacial score (nSPS) is 12.3. The van der Waals surface area contributed by atoms with Gasteiger partial charge in [0.15, 0.2) is 0 Å². The molecular weight excluding hydrogens is 242 g/mol. The zero-order valence-corrected chi connectivity index (χ0v) is 9.91. The molecule has 0 aliphatic carbocycles. The van der Waals surface area contributed by atoms with E-state index in [1.54, 1.807) is 0 Å². The third-order valence-electron chi connectivity index (χ3n) is 1.42. The van der Waals surface area contributed by atoms with Gasteiger partial charge in [-0.05, 0) is 18.8 Å². The second kappa shape index (κ2) is 5.94. The Morgan fingerprint density at radius 3 is 2.42 bits per heavy atom. The molecule has 0 spiro atoms. The van der Waals surface area contributed by atoms with E-state index in [0.29, 0.717) is 12.5 Å². The molecule has 74 valence electrons. The van der Waals surface area contributed by atoms with E-state index in [9.17, 15) is 8.42 Å². The third-order valence-corrected chi connectivity index (χ3v) is 4.16. The van der Waals surface area contributed by atoms with Crippen LogP contribution in [-0.4, -0.2) is 19.6 Å². The topological polar surface area (TPSA) is 46.2 Å². The Bertz CT molecular complexity index is 201. The molecule has 0 aliphatic rings. The van der Waals surface area contributed by atoms with Crippen molar-refractivity contribution in [3.05, 3.63) is 0 Å². The van der Waals surface area contributed by atoms with Gasteiger partial charge < -0.3 is 0 Å². The van der Waals surface area contributed by atoms with Gasteiger partial charge in [0, 0.05) is 6.54 Å². The molecule has 0 aliphatic heterocycles. The van der Waals surface area contributed by atoms with Crippen molar-refractivity contribution in [2.24, 2.45) is 5.92 Å². The predicted molar refractivity (Wildman–Crippen MR) is 54.8 cm³/mol. The summed E-state index contributed by atoms with van der Waals surface area (Å²) in [6, 6.07) is 0. The average Bonchev–Trinajstić information content (AvgIpc) is 1.98. The van der Waals surface area contributed by atoms with Crippen LogP contribution in [0.4, 0.5) is 0 Å². The minimum atomic E-state index is -3.05. The molecule has 3 nitrogen and oxygen atoms in total. The van der Waals surface area contributed by atoms with Gasteiger partial charge in [0.2, 0.25) is 10.0 Å². The van der Waals surface area contributed by atoms with Crippen molar-refractivity contribution >= 4 is 26.0 Å². The Labute approximate surface area is 83.1 Å². The summed E-state index contributed by atoms with van der Waals surface area (Å²) in [4.78, 5) is 0. The van der Waals surface area contributed by atoms with Crippen molar-refractivity contribution in [2.45, 2.75) is 26.7 Å². The van der Waals surface area contributed by atoms with Gasteiger partial charge in [0.25, 0.3) is 0 Å². The van der Waals surface area contributed by atoms with Crippen molar-refractivity contribution in [3.8, 4) is 0 Å². The number of halogens is 1. The molecule has 0 aromatic carbocycles. The van der Waals surface area contributed by atoms with Crippen molar-refractivity contribution in [1.29, 1.82) is 0 Å². The van der Waals surface area contributed by atoms with E-state index in [1.165, 1.54) is 0 Å². The Morgan fingerprint density at radius 1 is 1.42 bits per heavy atom. The SMILES string of the molecule is CC(C)CCCNS(=O)(=O)CBr. The molecule has 0 fully saturated rings. The lowest BCUT2D eigenvalue weighted by Gasteiger charge is -2.05. The van der Waals surface area contributed by atoms with Gasteiger partial charge in [-0.1, -0.05) is 29.8 Å². The first-order chi connectivity index (χ1) is 5.48. The smallest absolute Gasteiger partial charge is 0.215 e. The van der Waals surface area contributed by atoms with E-state index in [-0.39, 0.29) is 4.66 Å². The fraction of sp³-hybridized carbons (Fsp3) is 1.00. The number of hydrogen-bond donors (Lipinski definition) is 1. The number of sulfonamides is 1. The van der Waals surface area contributed by atoms with Crippen molar-refractivity contribution in [3.63, 3.8) is 0 Å². The predicted octanol–water partition coefficient (Wildman–Crippen LogP) is 1.69. The van der Waals surface area contributed by atoms with Crippen LogP contribution in [0.1, 0.15) is 26.7 Å². The highest BCUT2D eigenvalue weighted by Gasteiger charge is 2.05. The van der Waals surface area contributed by atoms with E-state index in [2.05, 4.69) is 34.5 Å². The molecule has 0 atom stereocenters. The van der Waals surface area contributed by atoms with E-state index in [0.717, 1.165) is 12.8 Å². The average molecular weight is 258 g/mol. The van der Waals surface area contributed by atoms with Crippen LogP contribution < -0.4 is 4.72 Å². The van der Waals surface area contributed by atoms with E-state index >= 15 is 0 Å². The van der Waals surface area contributed by atoms with Crippen LogP contribution in [-0.2, 0) is 10.0 Å². The molecule has 0 unspecified atom stereocenters. The van der Waals surface area contributed by atoms with Crippen LogP contribution in [0.5, 0.6) is 0 Å². The van der Waals surface area contributed by atoms with Gasteiger partial charge in [-0.3, -0.25) is 0 Å². The molecule has 5 heteroatoms. The zero-order valence-electron chi connectivity index (χ0n) is 7.51. The summed E-state index contributed by atoms with van der Waals surface area (Å²) in [5.41, 5.74) is 0. The zero-order chi connectivity index (χ0) is 9.61. The van der Waals surface area contributed by atoms with Crippen LogP contribution in [0, 0.1) is 5.92 Å². The Morgan fingerprint density at radius 2 is 2.00 bits per heavy atom. The fourth-order valence-electron chi connectivity index (χ4n) is 0.777. The van der Waals surface area contributed by atoms with Crippen LogP contribution in [0.25, 0.3) is 0 Å². The second-order valence-electron chi connectivity index (χ2n) is 3.15. The number of hydrogen-bond acceptors (Lipinski definition) is 2. The van der Waals surface area contributed by atoms with Crippen LogP contribution in [0.2, 0.25) is 0 Å². The molecular formula is C7H16BrNO2S. The van der Waals surface area contributed by atoms with Crippen molar-refractivity contribution in [1.82, 2.24) is 4.72 Å². The first-order valence-corrected chi connectivity index (χ1v) is 6.78. The molecule has 0 amide bonds. The van der Waals surface area contributed by atoms with E-state index in [4.69, 9.17) is 0 Å². The highest BCUT2D eigenvalue weighted by molar-refractivity contribution is 9.10. The molecule has 0 saturated heterocycles. The van der Waals surface area contributed by atoms with E-state index in [1.807, 2.05) is 0 Å². The van der Waals surface area contributed by atoms with Gasteiger partial charge in [-0.15, -0.1) is 0 Å². The summed E-state index contributed by atoms with van der Waals surface area (Å²) in [6.07, 6.45) is 1.97. The standard InChI is InChI=1S/C7H16BrNO2S/c1-7(2)4-3-5-9-12(10,11)6-8/h7,9H,3-6H2,1-2H3. The van der Waals surface area contributed by atoms with Crippen LogP contribution >= 0.6 is 15.9 Å². The molecule has 1 N–H and O–H groups in total. The van der Waals surface area contributed by atoms with E-state index < -0.39 is 10.0 Å². The highest BCUT2D eigenvalue weighted by atomic mass is 79.9. The number of nitrogens with one attached hydrogen (secondary N) is 1. The maximum atomic E-state index is 10.9. The van der Waals surface area contributed by atoms with Gasteiger partial charge in [-0.25, -0.2) is 13.1 Å². The summed E-state index contributed by atoms with van der Waals surface area (Å²) in [6.45, 7) is 4.80. The lowest BCUT2D eigenvalue weighted by atomic mass is 10.1. The molecule has 12 heavy (non-hydrogen) atoms. The lowest BCUT2D eigenvalue weighted by molar-refractivity contribution is 0.541. The quantitative estimate of drug-likeness (QED) is 0.582. The minimum Gasteiger partial charge on any atom is -0.215 e. The summed E-state index contributed by atoms with van der Waals surface area (Å²) in [7, 11) is -3.05. The molecule has 0 rings (SSSR count). The summed E-state index contributed by atoms with van der Waals surface area (Å²) in [5.74, 6) is 0.637. The van der Waals surface area contributed by atoms with Gasteiger partial charge in [0.05, 0.1) is 0 Å². The fourth-order valence-corrected chi connectivity index (χ4v) is 1.79. The molecule has 0 heterocycles. The van der Waals surface area contributed by atoms with Crippen LogP contribution in [0.15, 0.2) is 0 Å². The first-order valence-electron chi connectivity index (χ1n) is 4.01. The largest absolute Gasteiger partial charge is 0.221 e. The Balaban J connectivity index is 3.45. The summed E-state index contributed by atoms with van der Waals surface area (Å²) < 4.78 is 24.2.